The summed E-state index contributed by atoms with van der Waals surface area (Å²) in [7, 11) is 0. The van der Waals surface area contributed by atoms with Crippen molar-refractivity contribution in [3.05, 3.63) is 23.3 Å². The number of hydrogen-bond donors (Lipinski definition) is 4. The van der Waals surface area contributed by atoms with Crippen molar-refractivity contribution in [2.75, 3.05) is 0 Å². The first kappa shape index (κ1) is 11.3. The molecule has 0 fully saturated rings. The molecule has 0 aliphatic rings. The minimum absolute atomic E-state index is 0.120. The molecule has 82 valence electrons. The average molecular weight is 211 g/mol. The summed E-state index contributed by atoms with van der Waals surface area (Å²) in [6.07, 6.45) is 0.120. The van der Waals surface area contributed by atoms with Crippen LogP contribution in [0.1, 0.15) is 11.1 Å². The SMILES string of the molecule is Cc1cc(O)c(O)cc1CC(N)C(=O)O. The summed E-state index contributed by atoms with van der Waals surface area (Å²) in [4.78, 5) is 10.5. The first-order valence-electron chi connectivity index (χ1n) is 4.41. The molecule has 5 N–H and O–H groups in total. The monoisotopic (exact) mass is 211 g/mol. The predicted octanol–water partition coefficient (Wildman–Crippen LogP) is 0.361. The second-order valence-corrected chi connectivity index (χ2v) is 3.42. The summed E-state index contributed by atoms with van der Waals surface area (Å²) in [6.45, 7) is 1.71. The van der Waals surface area contributed by atoms with E-state index in [1.807, 2.05) is 0 Å². The number of phenols is 2. The van der Waals surface area contributed by atoms with Crippen molar-refractivity contribution in [2.45, 2.75) is 19.4 Å². The molecule has 0 bridgehead atoms. The Labute approximate surface area is 86.8 Å². The Balaban J connectivity index is 2.95. The van der Waals surface area contributed by atoms with Crippen molar-refractivity contribution >= 4 is 5.97 Å². The molecule has 0 aliphatic heterocycles. The number of phenolic OH excluding ortho intramolecular Hbond substituents is 2. The van der Waals surface area contributed by atoms with E-state index in [1.165, 1.54) is 12.1 Å². The van der Waals surface area contributed by atoms with Crippen molar-refractivity contribution in [3.63, 3.8) is 0 Å². The fraction of sp³-hybridized carbons (Fsp3) is 0.300. The molecular formula is C10H13NO4. The zero-order valence-electron chi connectivity index (χ0n) is 8.27. The van der Waals surface area contributed by atoms with Gasteiger partial charge in [0, 0.05) is 0 Å². The summed E-state index contributed by atoms with van der Waals surface area (Å²) in [5, 5.41) is 27.0. The van der Waals surface area contributed by atoms with Gasteiger partial charge in [-0.1, -0.05) is 0 Å². The largest absolute Gasteiger partial charge is 0.504 e. The molecule has 0 saturated carbocycles. The molecule has 1 aromatic carbocycles. The Morgan fingerprint density at radius 1 is 1.40 bits per heavy atom. The summed E-state index contributed by atoms with van der Waals surface area (Å²) in [5.74, 6) is -1.59. The third-order valence-electron chi connectivity index (χ3n) is 2.19. The van der Waals surface area contributed by atoms with Crippen LogP contribution < -0.4 is 5.73 Å². The molecule has 0 saturated heterocycles. The number of rotatable bonds is 3. The summed E-state index contributed by atoms with van der Waals surface area (Å²) >= 11 is 0. The van der Waals surface area contributed by atoms with Gasteiger partial charge in [-0.15, -0.1) is 0 Å². The number of benzene rings is 1. The number of nitrogens with two attached hydrogens (primary N) is 1. The molecular weight excluding hydrogens is 198 g/mol. The van der Waals surface area contributed by atoms with Crippen molar-refractivity contribution in [3.8, 4) is 11.5 Å². The van der Waals surface area contributed by atoms with Crippen LogP contribution in [0, 0.1) is 6.92 Å². The van der Waals surface area contributed by atoms with E-state index >= 15 is 0 Å². The molecule has 1 unspecified atom stereocenters. The molecule has 0 spiro atoms. The normalized spacial score (nSPS) is 12.4. The lowest BCUT2D eigenvalue weighted by atomic mass is 10.0. The van der Waals surface area contributed by atoms with Gasteiger partial charge in [-0.3, -0.25) is 4.79 Å². The molecule has 5 heteroatoms. The van der Waals surface area contributed by atoms with Crippen molar-refractivity contribution in [1.29, 1.82) is 0 Å². The number of aromatic hydroxyl groups is 2. The van der Waals surface area contributed by atoms with E-state index in [4.69, 9.17) is 10.8 Å². The highest BCUT2D eigenvalue weighted by Crippen LogP contribution is 2.28. The number of carboxylic acids is 1. The molecule has 1 atom stereocenters. The van der Waals surface area contributed by atoms with Crippen LogP contribution in [-0.2, 0) is 11.2 Å². The molecule has 1 rings (SSSR count). The van der Waals surface area contributed by atoms with Gasteiger partial charge in [0.05, 0.1) is 0 Å². The standard InChI is InChI=1S/C10H13NO4/c1-5-2-8(12)9(13)4-6(5)3-7(11)10(14)15/h2,4,7,12-13H,3,11H2,1H3,(H,14,15). The highest BCUT2D eigenvalue weighted by molar-refractivity contribution is 5.73. The fourth-order valence-electron chi connectivity index (χ4n) is 1.27. The molecule has 5 nitrogen and oxygen atoms in total. The molecule has 0 radical (unpaired) electrons. The van der Waals surface area contributed by atoms with E-state index in [0.717, 1.165) is 0 Å². The Bertz CT molecular complexity index is 389. The highest BCUT2D eigenvalue weighted by Gasteiger charge is 2.14. The Morgan fingerprint density at radius 3 is 2.47 bits per heavy atom. The predicted molar refractivity (Wildman–Crippen MR) is 53.8 cm³/mol. The summed E-state index contributed by atoms with van der Waals surface area (Å²) < 4.78 is 0. The second-order valence-electron chi connectivity index (χ2n) is 3.42. The van der Waals surface area contributed by atoms with Gasteiger partial charge in [0.15, 0.2) is 11.5 Å². The maximum absolute atomic E-state index is 10.5. The van der Waals surface area contributed by atoms with Crippen molar-refractivity contribution < 1.29 is 20.1 Å². The van der Waals surface area contributed by atoms with Crippen LogP contribution in [0.2, 0.25) is 0 Å². The quantitative estimate of drug-likeness (QED) is 0.540. The van der Waals surface area contributed by atoms with Gasteiger partial charge in [0.25, 0.3) is 0 Å². The van der Waals surface area contributed by atoms with E-state index in [2.05, 4.69) is 0 Å². The maximum atomic E-state index is 10.5. The van der Waals surface area contributed by atoms with Crippen molar-refractivity contribution in [1.82, 2.24) is 0 Å². The van der Waals surface area contributed by atoms with Gasteiger partial charge in [-0.25, -0.2) is 0 Å². The highest BCUT2D eigenvalue weighted by atomic mass is 16.4. The number of carbonyl (C=O) groups is 1. The first-order chi connectivity index (χ1) is 6.91. The molecule has 0 amide bonds. The van der Waals surface area contributed by atoms with Crippen molar-refractivity contribution in [2.24, 2.45) is 5.73 Å². The molecule has 0 heterocycles. The van der Waals surface area contributed by atoms with Crippen LogP contribution in [0.3, 0.4) is 0 Å². The third kappa shape index (κ3) is 2.60. The lowest BCUT2D eigenvalue weighted by Crippen LogP contribution is -2.32. The zero-order chi connectivity index (χ0) is 11.6. The first-order valence-corrected chi connectivity index (χ1v) is 4.41. The van der Waals surface area contributed by atoms with E-state index in [1.54, 1.807) is 6.92 Å². The molecule has 0 aromatic heterocycles. The van der Waals surface area contributed by atoms with Gasteiger partial charge in [-0.05, 0) is 36.6 Å². The zero-order valence-corrected chi connectivity index (χ0v) is 8.27. The van der Waals surface area contributed by atoms with E-state index < -0.39 is 12.0 Å². The lowest BCUT2D eigenvalue weighted by molar-refractivity contribution is -0.138. The van der Waals surface area contributed by atoms with E-state index in [9.17, 15) is 15.0 Å². The van der Waals surface area contributed by atoms with Gasteiger partial charge in [0.2, 0.25) is 0 Å². The molecule has 1 aromatic rings. The third-order valence-corrected chi connectivity index (χ3v) is 2.19. The number of aryl methyl sites for hydroxylation is 1. The minimum Gasteiger partial charge on any atom is -0.504 e. The Hall–Kier alpha value is -1.75. The van der Waals surface area contributed by atoms with Gasteiger partial charge >= 0.3 is 5.97 Å². The summed E-state index contributed by atoms with van der Waals surface area (Å²) in [5.41, 5.74) is 6.67. The van der Waals surface area contributed by atoms with Crippen LogP contribution in [0.5, 0.6) is 11.5 Å². The average Bonchev–Trinajstić information content (AvgIpc) is 2.13. The smallest absolute Gasteiger partial charge is 0.320 e. The lowest BCUT2D eigenvalue weighted by Gasteiger charge is -2.10. The second kappa shape index (κ2) is 4.18. The number of hydrogen-bond acceptors (Lipinski definition) is 4. The van der Waals surface area contributed by atoms with E-state index in [-0.39, 0.29) is 17.9 Å². The maximum Gasteiger partial charge on any atom is 0.320 e. The summed E-state index contributed by atoms with van der Waals surface area (Å²) in [6, 6.07) is 1.69. The van der Waals surface area contributed by atoms with Crippen LogP contribution >= 0.6 is 0 Å². The van der Waals surface area contributed by atoms with Crippen LogP contribution in [0.25, 0.3) is 0 Å². The fourth-order valence-corrected chi connectivity index (χ4v) is 1.27. The van der Waals surface area contributed by atoms with Gasteiger partial charge in [-0.2, -0.15) is 0 Å². The van der Waals surface area contributed by atoms with Crippen LogP contribution in [-0.4, -0.2) is 27.3 Å². The van der Waals surface area contributed by atoms with Gasteiger partial charge < -0.3 is 21.1 Å². The van der Waals surface area contributed by atoms with Gasteiger partial charge in [0.1, 0.15) is 6.04 Å². The topological polar surface area (TPSA) is 104 Å². The minimum atomic E-state index is -1.10. The van der Waals surface area contributed by atoms with Crippen LogP contribution in [0.15, 0.2) is 12.1 Å². The number of carboxylic acid groups (broad SMARTS) is 1. The van der Waals surface area contributed by atoms with E-state index in [0.29, 0.717) is 11.1 Å². The Kier molecular flexibility index (Phi) is 3.16. The molecule has 0 aliphatic carbocycles. The number of aliphatic carboxylic acids is 1. The molecule has 15 heavy (non-hydrogen) atoms. The van der Waals surface area contributed by atoms with Crippen LogP contribution in [0.4, 0.5) is 0 Å². The Morgan fingerprint density at radius 2 is 1.93 bits per heavy atom.